The number of aromatic nitrogens is 2. The van der Waals surface area contributed by atoms with Gasteiger partial charge in [0.15, 0.2) is 4.90 Å². The normalized spacial score (nSPS) is 20.4. The fraction of sp³-hybridized carbons (Fsp3) is 0.438. The van der Waals surface area contributed by atoms with Crippen molar-refractivity contribution in [3.05, 3.63) is 41.6 Å². The van der Waals surface area contributed by atoms with E-state index >= 15 is 0 Å². The number of fused-ring (bicyclic) bond motifs is 2. The lowest BCUT2D eigenvalue weighted by Crippen LogP contribution is -2.31. The monoisotopic (exact) mass is 333 g/mol. The Morgan fingerprint density at radius 3 is 3.04 bits per heavy atom. The van der Waals surface area contributed by atoms with Gasteiger partial charge in [-0.3, -0.25) is 0 Å². The van der Waals surface area contributed by atoms with E-state index in [0.29, 0.717) is 19.0 Å². The molecule has 7 heteroatoms. The van der Waals surface area contributed by atoms with Crippen LogP contribution in [0.1, 0.15) is 36.4 Å². The maximum atomic E-state index is 12.8. The van der Waals surface area contributed by atoms with Gasteiger partial charge in [0, 0.05) is 19.0 Å². The average Bonchev–Trinajstić information content (AvgIpc) is 3.00. The van der Waals surface area contributed by atoms with Crippen LogP contribution in [0.15, 0.2) is 35.4 Å². The summed E-state index contributed by atoms with van der Waals surface area (Å²) in [5.41, 5.74) is 2.30. The zero-order valence-corrected chi connectivity index (χ0v) is 13.6. The van der Waals surface area contributed by atoms with Gasteiger partial charge in [-0.2, -0.15) is 5.10 Å². The van der Waals surface area contributed by atoms with Crippen LogP contribution in [0.4, 0.5) is 0 Å². The Morgan fingerprint density at radius 2 is 2.13 bits per heavy atom. The first-order chi connectivity index (χ1) is 11.1. The molecule has 4 rings (SSSR count). The van der Waals surface area contributed by atoms with Crippen LogP contribution in [0.3, 0.4) is 0 Å². The van der Waals surface area contributed by atoms with Crippen LogP contribution in [0.5, 0.6) is 5.88 Å². The topological polar surface area (TPSA) is 73.2 Å². The van der Waals surface area contributed by atoms with Gasteiger partial charge in [-0.15, -0.1) is 0 Å². The van der Waals surface area contributed by atoms with Gasteiger partial charge in [-0.25, -0.2) is 17.8 Å². The highest BCUT2D eigenvalue weighted by Gasteiger charge is 2.30. The first-order valence-corrected chi connectivity index (χ1v) is 9.42. The highest BCUT2D eigenvalue weighted by atomic mass is 32.2. The van der Waals surface area contributed by atoms with Gasteiger partial charge in [-0.05, 0) is 30.4 Å². The molecule has 0 saturated heterocycles. The molecule has 0 saturated carbocycles. The SMILES string of the molecule is O=S(=O)(N[C@@H]1CCCc2ccccc21)c1cnn2c1OCCC2. The van der Waals surface area contributed by atoms with Gasteiger partial charge in [-0.1, -0.05) is 24.3 Å². The van der Waals surface area contributed by atoms with Gasteiger partial charge in [0.2, 0.25) is 15.9 Å². The van der Waals surface area contributed by atoms with Gasteiger partial charge < -0.3 is 4.74 Å². The summed E-state index contributed by atoms with van der Waals surface area (Å²) in [5, 5.41) is 4.13. The van der Waals surface area contributed by atoms with E-state index in [2.05, 4.69) is 15.9 Å². The molecule has 0 spiro atoms. The van der Waals surface area contributed by atoms with Crippen molar-refractivity contribution in [2.75, 3.05) is 6.61 Å². The van der Waals surface area contributed by atoms with E-state index in [0.717, 1.165) is 31.2 Å². The summed E-state index contributed by atoms with van der Waals surface area (Å²) in [5.74, 6) is 0.354. The summed E-state index contributed by atoms with van der Waals surface area (Å²) >= 11 is 0. The van der Waals surface area contributed by atoms with Crippen LogP contribution in [0, 0.1) is 0 Å². The summed E-state index contributed by atoms with van der Waals surface area (Å²) in [6.07, 6.45) is 5.02. The van der Waals surface area contributed by atoms with E-state index in [9.17, 15) is 8.42 Å². The predicted octanol–water partition coefficient (Wildman–Crippen LogP) is 2.02. The van der Waals surface area contributed by atoms with Crippen LogP contribution in [0.25, 0.3) is 0 Å². The second kappa shape index (κ2) is 5.65. The molecule has 122 valence electrons. The molecule has 2 heterocycles. The van der Waals surface area contributed by atoms with Crippen molar-refractivity contribution in [1.82, 2.24) is 14.5 Å². The first kappa shape index (κ1) is 14.7. The predicted molar refractivity (Wildman–Crippen MR) is 84.8 cm³/mol. The van der Waals surface area contributed by atoms with Crippen LogP contribution in [-0.4, -0.2) is 24.8 Å². The molecule has 1 aromatic heterocycles. The minimum Gasteiger partial charge on any atom is -0.477 e. The maximum Gasteiger partial charge on any atom is 0.248 e. The quantitative estimate of drug-likeness (QED) is 0.933. The molecule has 2 aliphatic rings. The first-order valence-electron chi connectivity index (χ1n) is 7.94. The van der Waals surface area contributed by atoms with Gasteiger partial charge in [0.05, 0.1) is 12.8 Å². The molecular formula is C16H19N3O3S. The molecule has 0 radical (unpaired) electrons. The van der Waals surface area contributed by atoms with Crippen LogP contribution >= 0.6 is 0 Å². The van der Waals surface area contributed by atoms with E-state index < -0.39 is 10.0 Å². The second-order valence-corrected chi connectivity index (χ2v) is 7.69. The molecule has 1 atom stereocenters. The third-order valence-electron chi connectivity index (χ3n) is 4.47. The zero-order valence-electron chi connectivity index (χ0n) is 12.7. The Labute approximate surface area is 135 Å². The maximum absolute atomic E-state index is 12.8. The number of ether oxygens (including phenoxy) is 1. The smallest absolute Gasteiger partial charge is 0.248 e. The Bertz CT molecular complexity index is 829. The second-order valence-electron chi connectivity index (χ2n) is 6.00. The minimum atomic E-state index is -3.66. The Morgan fingerprint density at radius 1 is 1.26 bits per heavy atom. The molecule has 1 aliphatic carbocycles. The Balaban J connectivity index is 1.65. The number of rotatable bonds is 3. The van der Waals surface area contributed by atoms with Crippen molar-refractivity contribution >= 4 is 10.0 Å². The zero-order chi connectivity index (χ0) is 15.9. The summed E-state index contributed by atoms with van der Waals surface area (Å²) in [6.45, 7) is 1.22. The minimum absolute atomic E-state index is 0.139. The van der Waals surface area contributed by atoms with Crippen LogP contribution in [-0.2, 0) is 23.0 Å². The molecule has 2 aromatic rings. The lowest BCUT2D eigenvalue weighted by molar-refractivity contribution is 0.224. The Kier molecular flexibility index (Phi) is 3.61. The van der Waals surface area contributed by atoms with Gasteiger partial charge in [0.1, 0.15) is 0 Å². The molecule has 1 aliphatic heterocycles. The standard InChI is InChI=1S/C16H19N3O3S/c20-23(21,15-11-17-19-9-4-10-22-16(15)19)18-14-8-3-6-12-5-1-2-7-13(12)14/h1-2,5,7,11,14,18H,3-4,6,8-10H2/t14-/m1/s1. The van der Waals surface area contributed by atoms with Crippen LogP contribution in [0.2, 0.25) is 0 Å². The van der Waals surface area contributed by atoms with Crippen molar-refractivity contribution in [3.8, 4) is 5.88 Å². The number of hydrogen-bond donors (Lipinski definition) is 1. The molecule has 1 N–H and O–H groups in total. The highest BCUT2D eigenvalue weighted by Crippen LogP contribution is 2.33. The number of aryl methyl sites for hydroxylation is 2. The van der Waals surface area contributed by atoms with E-state index in [4.69, 9.17) is 4.74 Å². The third kappa shape index (κ3) is 2.64. The molecule has 0 fully saturated rings. The molecule has 0 unspecified atom stereocenters. The third-order valence-corrected chi connectivity index (χ3v) is 5.92. The summed E-state index contributed by atoms with van der Waals surface area (Å²) in [6, 6.07) is 7.84. The number of nitrogens with zero attached hydrogens (tertiary/aromatic N) is 2. The molecule has 6 nitrogen and oxygen atoms in total. The fourth-order valence-corrected chi connectivity index (χ4v) is 4.68. The van der Waals surface area contributed by atoms with E-state index in [1.54, 1.807) is 4.68 Å². The number of nitrogens with one attached hydrogen (secondary N) is 1. The van der Waals surface area contributed by atoms with Gasteiger partial charge in [0.25, 0.3) is 0 Å². The highest BCUT2D eigenvalue weighted by molar-refractivity contribution is 7.89. The lowest BCUT2D eigenvalue weighted by Gasteiger charge is -2.26. The molecular weight excluding hydrogens is 314 g/mol. The molecule has 0 bridgehead atoms. The van der Waals surface area contributed by atoms with Crippen molar-refractivity contribution in [2.45, 2.75) is 43.2 Å². The number of sulfonamides is 1. The number of benzene rings is 1. The fourth-order valence-electron chi connectivity index (χ4n) is 3.36. The average molecular weight is 333 g/mol. The molecule has 1 aromatic carbocycles. The molecule has 23 heavy (non-hydrogen) atoms. The van der Waals surface area contributed by atoms with E-state index in [-0.39, 0.29) is 10.9 Å². The van der Waals surface area contributed by atoms with E-state index in [1.807, 2.05) is 18.2 Å². The van der Waals surface area contributed by atoms with Crippen molar-refractivity contribution in [2.24, 2.45) is 0 Å². The van der Waals surface area contributed by atoms with Crippen molar-refractivity contribution in [1.29, 1.82) is 0 Å². The summed E-state index contributed by atoms with van der Waals surface area (Å²) < 4.78 is 35.6. The molecule has 0 amide bonds. The summed E-state index contributed by atoms with van der Waals surface area (Å²) in [7, 11) is -3.66. The van der Waals surface area contributed by atoms with Crippen molar-refractivity contribution in [3.63, 3.8) is 0 Å². The van der Waals surface area contributed by atoms with Gasteiger partial charge >= 0.3 is 0 Å². The number of hydrogen-bond acceptors (Lipinski definition) is 4. The van der Waals surface area contributed by atoms with Crippen molar-refractivity contribution < 1.29 is 13.2 Å². The van der Waals surface area contributed by atoms with Crippen LogP contribution < -0.4 is 9.46 Å². The summed E-state index contributed by atoms with van der Waals surface area (Å²) in [4.78, 5) is 0.139. The van der Waals surface area contributed by atoms with E-state index in [1.165, 1.54) is 11.8 Å². The lowest BCUT2D eigenvalue weighted by atomic mass is 9.88. The largest absolute Gasteiger partial charge is 0.477 e. The Hall–Kier alpha value is -1.86.